The van der Waals surface area contributed by atoms with Crippen molar-refractivity contribution < 1.29 is 23.4 Å². The molecule has 1 aliphatic rings. The van der Waals surface area contributed by atoms with Crippen LogP contribution in [0.15, 0.2) is 18.2 Å². The molecule has 1 heterocycles. The van der Waals surface area contributed by atoms with E-state index in [1.807, 2.05) is 0 Å². The lowest BCUT2D eigenvalue weighted by Crippen LogP contribution is -2.26. The highest BCUT2D eigenvalue weighted by atomic mass is 19.3. The van der Waals surface area contributed by atoms with E-state index in [1.165, 1.54) is 6.07 Å². The second-order valence-corrected chi connectivity index (χ2v) is 4.17. The van der Waals surface area contributed by atoms with Crippen LogP contribution in [-0.4, -0.2) is 18.0 Å². The topological polar surface area (TPSA) is 64.7 Å². The first-order valence-corrected chi connectivity index (χ1v) is 5.78. The maximum atomic E-state index is 13.0. The number of aliphatic hydroxyl groups excluding tert-OH is 1. The van der Waals surface area contributed by atoms with Crippen LogP contribution < -0.4 is 15.2 Å². The summed E-state index contributed by atoms with van der Waals surface area (Å²) >= 11 is 0. The van der Waals surface area contributed by atoms with Crippen LogP contribution in [-0.2, 0) is 0 Å². The minimum atomic E-state index is -3.62. The van der Waals surface area contributed by atoms with Gasteiger partial charge in [-0.05, 0) is 25.3 Å². The fourth-order valence-electron chi connectivity index (χ4n) is 1.91. The van der Waals surface area contributed by atoms with E-state index in [-0.39, 0.29) is 18.1 Å². The Labute approximate surface area is 103 Å². The molecule has 4 nitrogen and oxygen atoms in total. The molecule has 1 aliphatic heterocycles. The highest BCUT2D eigenvalue weighted by Crippen LogP contribution is 2.45. The molecular formula is C12H15F2NO3. The summed E-state index contributed by atoms with van der Waals surface area (Å²) in [5, 5.41) is 8.69. The van der Waals surface area contributed by atoms with Crippen molar-refractivity contribution >= 4 is 0 Å². The molecule has 1 aromatic carbocycles. The fourth-order valence-corrected chi connectivity index (χ4v) is 1.91. The molecule has 1 aromatic rings. The van der Waals surface area contributed by atoms with Crippen molar-refractivity contribution in [1.82, 2.24) is 0 Å². The van der Waals surface area contributed by atoms with Gasteiger partial charge in [-0.15, -0.1) is 8.78 Å². The number of unbranched alkanes of at least 4 members (excludes halogenated alkanes) is 1. The third kappa shape index (κ3) is 2.70. The Hall–Kier alpha value is -1.40. The first-order valence-electron chi connectivity index (χ1n) is 5.78. The van der Waals surface area contributed by atoms with Gasteiger partial charge in [0.1, 0.15) is 0 Å². The quantitative estimate of drug-likeness (QED) is 0.795. The van der Waals surface area contributed by atoms with E-state index in [0.717, 1.165) is 6.42 Å². The standard InChI is InChI=1S/C12H15F2NO3/c13-12(14)17-10-6-3-4-8(11(10)18-12)9(15)5-1-2-7-16/h3-4,6,9,16H,1-2,5,7,15H2/t9-/m1/s1. The minimum Gasteiger partial charge on any atom is -0.396 e. The van der Waals surface area contributed by atoms with Gasteiger partial charge in [0, 0.05) is 18.2 Å². The lowest BCUT2D eigenvalue weighted by molar-refractivity contribution is -0.287. The van der Waals surface area contributed by atoms with Crippen molar-refractivity contribution in [3.63, 3.8) is 0 Å². The molecular weight excluding hydrogens is 244 g/mol. The fraction of sp³-hybridized carbons (Fsp3) is 0.500. The van der Waals surface area contributed by atoms with Gasteiger partial charge in [-0.1, -0.05) is 12.1 Å². The number of nitrogens with two attached hydrogens (primary N) is 1. The second-order valence-electron chi connectivity index (χ2n) is 4.17. The number of aliphatic hydroxyl groups is 1. The average molecular weight is 259 g/mol. The number of fused-ring (bicyclic) bond motifs is 1. The lowest BCUT2D eigenvalue weighted by atomic mass is 10.0. The highest BCUT2D eigenvalue weighted by Gasteiger charge is 2.44. The largest absolute Gasteiger partial charge is 0.586 e. The van der Waals surface area contributed by atoms with Crippen LogP contribution in [0.1, 0.15) is 30.9 Å². The Morgan fingerprint density at radius 3 is 2.78 bits per heavy atom. The first kappa shape index (κ1) is 13.0. The number of para-hydroxylation sites is 1. The number of benzene rings is 1. The van der Waals surface area contributed by atoms with Crippen LogP contribution in [0.2, 0.25) is 0 Å². The van der Waals surface area contributed by atoms with Crippen molar-refractivity contribution in [1.29, 1.82) is 0 Å². The van der Waals surface area contributed by atoms with Gasteiger partial charge < -0.3 is 20.3 Å². The van der Waals surface area contributed by atoms with E-state index in [9.17, 15) is 8.78 Å². The molecule has 1 atom stereocenters. The summed E-state index contributed by atoms with van der Waals surface area (Å²) in [6, 6.07) is 4.25. The third-order valence-electron chi connectivity index (χ3n) is 2.78. The molecule has 0 saturated heterocycles. The Morgan fingerprint density at radius 2 is 2.06 bits per heavy atom. The van der Waals surface area contributed by atoms with Gasteiger partial charge in [-0.2, -0.15) is 0 Å². The summed E-state index contributed by atoms with van der Waals surface area (Å²) in [4.78, 5) is 0. The van der Waals surface area contributed by atoms with Crippen molar-refractivity contribution in [2.45, 2.75) is 31.6 Å². The van der Waals surface area contributed by atoms with Crippen LogP contribution in [0.3, 0.4) is 0 Å². The molecule has 0 bridgehead atoms. The van der Waals surface area contributed by atoms with Crippen LogP contribution in [0.4, 0.5) is 8.78 Å². The molecule has 0 aromatic heterocycles. The van der Waals surface area contributed by atoms with E-state index in [2.05, 4.69) is 9.47 Å². The minimum absolute atomic E-state index is 0.00936. The zero-order valence-electron chi connectivity index (χ0n) is 9.73. The SMILES string of the molecule is N[C@H](CCCCO)c1cccc2c1OC(F)(F)O2. The zero-order chi connectivity index (χ0) is 13.2. The highest BCUT2D eigenvalue weighted by molar-refractivity contribution is 5.50. The molecule has 6 heteroatoms. The van der Waals surface area contributed by atoms with Crippen molar-refractivity contribution in [3.8, 4) is 11.5 Å². The Bertz CT molecular complexity index is 426. The van der Waals surface area contributed by atoms with Crippen LogP contribution in [0.25, 0.3) is 0 Å². The number of ether oxygens (including phenoxy) is 2. The summed E-state index contributed by atoms with van der Waals surface area (Å²) in [7, 11) is 0. The summed E-state index contributed by atoms with van der Waals surface area (Å²) < 4.78 is 34.8. The van der Waals surface area contributed by atoms with Crippen LogP contribution in [0.5, 0.6) is 11.5 Å². The number of hydrogen-bond acceptors (Lipinski definition) is 4. The maximum absolute atomic E-state index is 13.0. The van der Waals surface area contributed by atoms with E-state index < -0.39 is 12.3 Å². The average Bonchev–Trinajstić information content (AvgIpc) is 2.62. The van der Waals surface area contributed by atoms with Crippen molar-refractivity contribution in [3.05, 3.63) is 23.8 Å². The zero-order valence-corrected chi connectivity index (χ0v) is 9.73. The predicted molar refractivity (Wildman–Crippen MR) is 60.5 cm³/mol. The van der Waals surface area contributed by atoms with E-state index in [1.54, 1.807) is 12.1 Å². The summed E-state index contributed by atoms with van der Waals surface area (Å²) in [5.74, 6) is 0.0223. The van der Waals surface area contributed by atoms with E-state index in [4.69, 9.17) is 10.8 Å². The van der Waals surface area contributed by atoms with Crippen LogP contribution in [0, 0.1) is 0 Å². The molecule has 100 valence electrons. The Morgan fingerprint density at radius 1 is 1.28 bits per heavy atom. The molecule has 0 fully saturated rings. The number of hydrogen-bond donors (Lipinski definition) is 2. The number of alkyl halides is 2. The lowest BCUT2D eigenvalue weighted by Gasteiger charge is -2.13. The number of rotatable bonds is 5. The van der Waals surface area contributed by atoms with Gasteiger partial charge in [-0.25, -0.2) is 0 Å². The van der Waals surface area contributed by atoms with E-state index in [0.29, 0.717) is 18.4 Å². The second kappa shape index (κ2) is 5.07. The molecule has 0 unspecified atom stereocenters. The molecule has 0 radical (unpaired) electrons. The first-order chi connectivity index (χ1) is 8.53. The normalized spacial score (nSPS) is 17.8. The Balaban J connectivity index is 2.13. The van der Waals surface area contributed by atoms with Gasteiger partial charge in [0.15, 0.2) is 11.5 Å². The van der Waals surface area contributed by atoms with Gasteiger partial charge in [0.05, 0.1) is 0 Å². The van der Waals surface area contributed by atoms with Gasteiger partial charge >= 0.3 is 6.29 Å². The summed E-state index contributed by atoms with van der Waals surface area (Å²) in [6.45, 7) is 0.0945. The van der Waals surface area contributed by atoms with Gasteiger partial charge in [0.25, 0.3) is 0 Å². The summed E-state index contributed by atoms with van der Waals surface area (Å²) in [5.41, 5.74) is 6.44. The molecule has 18 heavy (non-hydrogen) atoms. The maximum Gasteiger partial charge on any atom is 0.586 e. The molecule has 0 saturated carbocycles. The third-order valence-corrected chi connectivity index (χ3v) is 2.78. The Kier molecular flexibility index (Phi) is 3.68. The van der Waals surface area contributed by atoms with Crippen molar-refractivity contribution in [2.75, 3.05) is 6.61 Å². The van der Waals surface area contributed by atoms with Crippen molar-refractivity contribution in [2.24, 2.45) is 5.73 Å². The van der Waals surface area contributed by atoms with Gasteiger partial charge in [-0.3, -0.25) is 0 Å². The van der Waals surface area contributed by atoms with Crippen LogP contribution >= 0.6 is 0 Å². The monoisotopic (exact) mass is 259 g/mol. The smallest absolute Gasteiger partial charge is 0.396 e. The summed E-state index contributed by atoms with van der Waals surface area (Å²) in [6.07, 6.45) is -1.68. The molecule has 0 amide bonds. The molecule has 0 aliphatic carbocycles. The molecule has 2 rings (SSSR count). The predicted octanol–water partition coefficient (Wildman–Crippen LogP) is 2.17. The molecule has 0 spiro atoms. The molecule has 3 N–H and O–H groups in total. The van der Waals surface area contributed by atoms with E-state index >= 15 is 0 Å². The van der Waals surface area contributed by atoms with Gasteiger partial charge in [0.2, 0.25) is 0 Å². The number of halogens is 2.